The molecule has 0 saturated carbocycles. The van der Waals surface area contributed by atoms with Crippen molar-refractivity contribution in [3.8, 4) is 6.07 Å². The summed E-state index contributed by atoms with van der Waals surface area (Å²) in [6, 6.07) is 3.58. The zero-order valence-corrected chi connectivity index (χ0v) is 7.95. The van der Waals surface area contributed by atoms with Gasteiger partial charge < -0.3 is 5.73 Å². The van der Waals surface area contributed by atoms with E-state index in [0.717, 1.165) is 10.0 Å². The molecule has 0 aliphatic carbocycles. The zero-order valence-electron chi connectivity index (χ0n) is 6.37. The number of nitrogens with zero attached hydrogens (tertiary/aromatic N) is 2. The van der Waals surface area contributed by atoms with Crippen LogP contribution in [0.1, 0.15) is 18.0 Å². The van der Waals surface area contributed by atoms with Gasteiger partial charge in [0.2, 0.25) is 0 Å². The summed E-state index contributed by atoms with van der Waals surface area (Å²) in [7, 11) is 0. The number of pyridine rings is 1. The summed E-state index contributed by atoms with van der Waals surface area (Å²) in [6.07, 6.45) is 3.66. The second kappa shape index (κ2) is 4.19. The molecule has 4 heteroatoms. The van der Waals surface area contributed by atoms with Crippen LogP contribution in [0.25, 0.3) is 0 Å². The maximum atomic E-state index is 8.42. The normalized spacial score (nSPS) is 12.1. The van der Waals surface area contributed by atoms with Crippen molar-refractivity contribution in [2.24, 2.45) is 5.73 Å². The predicted octanol–water partition coefficient (Wildman–Crippen LogP) is 1.76. The zero-order chi connectivity index (χ0) is 8.97. The molecule has 12 heavy (non-hydrogen) atoms. The Bertz CT molecular complexity index is 305. The number of aromatic nitrogens is 1. The van der Waals surface area contributed by atoms with Crippen LogP contribution in [0.15, 0.2) is 22.9 Å². The highest BCUT2D eigenvalue weighted by atomic mass is 79.9. The number of halogens is 1. The minimum Gasteiger partial charge on any atom is -0.323 e. The Morgan fingerprint density at radius 1 is 1.75 bits per heavy atom. The van der Waals surface area contributed by atoms with Crippen molar-refractivity contribution in [1.82, 2.24) is 4.98 Å². The van der Waals surface area contributed by atoms with E-state index in [2.05, 4.69) is 20.9 Å². The summed E-state index contributed by atoms with van der Waals surface area (Å²) < 4.78 is 0.903. The average molecular weight is 226 g/mol. The van der Waals surface area contributed by atoms with Crippen LogP contribution >= 0.6 is 15.9 Å². The summed E-state index contributed by atoms with van der Waals surface area (Å²) in [4.78, 5) is 3.93. The maximum Gasteiger partial charge on any atom is 0.0641 e. The van der Waals surface area contributed by atoms with Gasteiger partial charge in [0.1, 0.15) is 0 Å². The lowest BCUT2D eigenvalue weighted by molar-refractivity contribution is 0.740. The van der Waals surface area contributed by atoms with E-state index in [4.69, 9.17) is 11.0 Å². The molecule has 3 nitrogen and oxygen atoms in total. The third kappa shape index (κ3) is 2.03. The largest absolute Gasteiger partial charge is 0.323 e. The number of hydrogen-bond donors (Lipinski definition) is 1. The smallest absolute Gasteiger partial charge is 0.0641 e. The summed E-state index contributed by atoms with van der Waals surface area (Å²) in [5, 5.41) is 8.42. The first-order valence-corrected chi connectivity index (χ1v) is 4.27. The molecule has 0 aliphatic rings. The van der Waals surface area contributed by atoms with Crippen LogP contribution in [-0.2, 0) is 0 Å². The first-order valence-electron chi connectivity index (χ1n) is 3.47. The molecular formula is C8H8BrN3. The van der Waals surface area contributed by atoms with Crippen molar-refractivity contribution in [3.05, 3.63) is 28.5 Å². The molecule has 0 bridgehead atoms. The average Bonchev–Trinajstić information content (AvgIpc) is 2.05. The molecule has 1 rings (SSSR count). The lowest BCUT2D eigenvalue weighted by atomic mass is 10.1. The van der Waals surface area contributed by atoms with E-state index in [1.807, 2.05) is 12.1 Å². The lowest BCUT2D eigenvalue weighted by Gasteiger charge is -2.08. The molecule has 0 spiro atoms. The SMILES string of the molecule is N#CC[C@@H](N)c1cnccc1Br. The van der Waals surface area contributed by atoms with E-state index < -0.39 is 0 Å². The highest BCUT2D eigenvalue weighted by Gasteiger charge is 2.08. The molecule has 0 aliphatic heterocycles. The Hall–Kier alpha value is -0.920. The van der Waals surface area contributed by atoms with Gasteiger partial charge in [0.15, 0.2) is 0 Å². The van der Waals surface area contributed by atoms with Crippen LogP contribution in [0.3, 0.4) is 0 Å². The summed E-state index contributed by atoms with van der Waals surface area (Å²) in [5.74, 6) is 0. The quantitative estimate of drug-likeness (QED) is 0.835. The number of hydrogen-bond acceptors (Lipinski definition) is 3. The predicted molar refractivity (Wildman–Crippen MR) is 49.1 cm³/mol. The monoisotopic (exact) mass is 225 g/mol. The van der Waals surface area contributed by atoms with Gasteiger partial charge >= 0.3 is 0 Å². The molecule has 2 N–H and O–H groups in total. The van der Waals surface area contributed by atoms with Crippen LogP contribution in [0.5, 0.6) is 0 Å². The highest BCUT2D eigenvalue weighted by molar-refractivity contribution is 9.10. The van der Waals surface area contributed by atoms with E-state index in [1.54, 1.807) is 12.4 Å². The first kappa shape index (κ1) is 9.17. The van der Waals surface area contributed by atoms with Crippen LogP contribution in [-0.4, -0.2) is 4.98 Å². The van der Waals surface area contributed by atoms with Crippen molar-refractivity contribution in [1.29, 1.82) is 5.26 Å². The summed E-state index contributed by atoms with van der Waals surface area (Å²) >= 11 is 3.34. The molecular weight excluding hydrogens is 218 g/mol. The van der Waals surface area contributed by atoms with Crippen molar-refractivity contribution >= 4 is 15.9 Å². The second-order valence-corrected chi connectivity index (χ2v) is 3.22. The number of nitrogens with two attached hydrogens (primary N) is 1. The van der Waals surface area contributed by atoms with Gasteiger partial charge in [0, 0.05) is 28.5 Å². The number of rotatable bonds is 2. The van der Waals surface area contributed by atoms with Crippen LogP contribution < -0.4 is 5.73 Å². The van der Waals surface area contributed by atoms with Gasteiger partial charge in [-0.2, -0.15) is 5.26 Å². The fourth-order valence-corrected chi connectivity index (χ4v) is 1.39. The molecule has 1 aromatic rings. The van der Waals surface area contributed by atoms with E-state index in [1.165, 1.54) is 0 Å². The fraction of sp³-hybridized carbons (Fsp3) is 0.250. The molecule has 0 saturated heterocycles. The number of nitriles is 1. The van der Waals surface area contributed by atoms with E-state index in [0.29, 0.717) is 6.42 Å². The second-order valence-electron chi connectivity index (χ2n) is 2.37. The Balaban J connectivity index is 2.88. The van der Waals surface area contributed by atoms with Crippen LogP contribution in [0.2, 0.25) is 0 Å². The lowest BCUT2D eigenvalue weighted by Crippen LogP contribution is -2.10. The van der Waals surface area contributed by atoms with Gasteiger partial charge in [-0.15, -0.1) is 0 Å². The van der Waals surface area contributed by atoms with Gasteiger partial charge in [-0.05, 0) is 6.07 Å². The Morgan fingerprint density at radius 2 is 2.50 bits per heavy atom. The minimum atomic E-state index is -0.252. The standard InChI is InChI=1S/C8H8BrN3/c9-7-2-4-12-5-6(7)8(11)1-3-10/h2,4-5,8H,1,11H2/t8-/m1/s1. The Kier molecular flexibility index (Phi) is 3.20. The molecule has 0 fully saturated rings. The Morgan fingerprint density at radius 3 is 3.08 bits per heavy atom. The van der Waals surface area contributed by atoms with E-state index >= 15 is 0 Å². The maximum absolute atomic E-state index is 8.42. The van der Waals surface area contributed by atoms with Gasteiger partial charge in [0.25, 0.3) is 0 Å². The van der Waals surface area contributed by atoms with E-state index in [-0.39, 0.29) is 6.04 Å². The third-order valence-electron chi connectivity index (χ3n) is 1.51. The van der Waals surface area contributed by atoms with E-state index in [9.17, 15) is 0 Å². The van der Waals surface area contributed by atoms with Gasteiger partial charge in [0.05, 0.1) is 12.5 Å². The minimum absolute atomic E-state index is 0.252. The third-order valence-corrected chi connectivity index (χ3v) is 2.23. The molecule has 0 radical (unpaired) electrons. The molecule has 0 aromatic carbocycles. The van der Waals surface area contributed by atoms with Crippen molar-refractivity contribution < 1.29 is 0 Å². The highest BCUT2D eigenvalue weighted by Crippen LogP contribution is 2.21. The molecule has 0 unspecified atom stereocenters. The molecule has 1 atom stereocenters. The van der Waals surface area contributed by atoms with Gasteiger partial charge in [-0.1, -0.05) is 15.9 Å². The summed E-state index contributed by atoms with van der Waals surface area (Å²) in [6.45, 7) is 0. The van der Waals surface area contributed by atoms with Crippen molar-refractivity contribution in [3.63, 3.8) is 0 Å². The van der Waals surface area contributed by atoms with Crippen molar-refractivity contribution in [2.45, 2.75) is 12.5 Å². The topological polar surface area (TPSA) is 62.7 Å². The fourth-order valence-electron chi connectivity index (χ4n) is 0.871. The van der Waals surface area contributed by atoms with Crippen LogP contribution in [0, 0.1) is 11.3 Å². The molecule has 1 heterocycles. The van der Waals surface area contributed by atoms with Gasteiger partial charge in [-0.3, -0.25) is 4.98 Å². The molecule has 0 amide bonds. The Labute approximate surface area is 79.3 Å². The molecule has 1 aromatic heterocycles. The van der Waals surface area contributed by atoms with Crippen LogP contribution in [0.4, 0.5) is 0 Å². The molecule has 62 valence electrons. The van der Waals surface area contributed by atoms with Gasteiger partial charge in [-0.25, -0.2) is 0 Å². The first-order chi connectivity index (χ1) is 5.75. The van der Waals surface area contributed by atoms with Crippen molar-refractivity contribution in [2.75, 3.05) is 0 Å². The summed E-state index contributed by atoms with van der Waals surface area (Å²) in [5.41, 5.74) is 6.59.